The van der Waals surface area contributed by atoms with Gasteiger partial charge >= 0.3 is 0 Å². The summed E-state index contributed by atoms with van der Waals surface area (Å²) >= 11 is 5.14. The number of aromatic nitrogens is 2. The summed E-state index contributed by atoms with van der Waals surface area (Å²) in [7, 11) is 1.44. The number of nitrogens with zero attached hydrogens (tertiary/aromatic N) is 1. The lowest BCUT2D eigenvalue weighted by Gasteiger charge is -2.08. The monoisotopic (exact) mass is 238 g/mol. The Labute approximate surface area is 97.5 Å². The maximum absolute atomic E-state index is 13.2. The van der Waals surface area contributed by atoms with E-state index in [4.69, 9.17) is 17.0 Å². The van der Waals surface area contributed by atoms with Crippen LogP contribution in [-0.4, -0.2) is 16.7 Å². The van der Waals surface area contributed by atoms with E-state index >= 15 is 0 Å². The Hall–Kier alpha value is -1.62. The predicted molar refractivity (Wildman–Crippen MR) is 62.2 cm³/mol. The minimum atomic E-state index is -0.383. The maximum Gasteiger partial charge on any atom is 0.182 e. The lowest BCUT2D eigenvalue weighted by atomic mass is 10.3. The van der Waals surface area contributed by atoms with Crippen LogP contribution in [0.4, 0.5) is 4.39 Å². The zero-order valence-corrected chi connectivity index (χ0v) is 9.77. The Balaban J connectivity index is 2.61. The smallest absolute Gasteiger partial charge is 0.182 e. The molecule has 0 aliphatic carbocycles. The van der Waals surface area contributed by atoms with Crippen LogP contribution in [0.1, 0.15) is 5.69 Å². The van der Waals surface area contributed by atoms with Crippen LogP contribution in [0.5, 0.6) is 5.75 Å². The van der Waals surface area contributed by atoms with Crippen molar-refractivity contribution in [3.05, 3.63) is 40.7 Å². The number of hydrogen-bond donors (Lipinski definition) is 1. The highest BCUT2D eigenvalue weighted by molar-refractivity contribution is 7.71. The van der Waals surface area contributed by atoms with E-state index in [1.807, 2.05) is 11.5 Å². The summed E-state index contributed by atoms with van der Waals surface area (Å²) in [5.41, 5.74) is 1.74. The number of H-pyrrole nitrogens is 1. The van der Waals surface area contributed by atoms with Gasteiger partial charge in [-0.25, -0.2) is 4.39 Å². The normalized spacial score (nSPS) is 10.4. The molecule has 16 heavy (non-hydrogen) atoms. The number of imidazole rings is 1. The van der Waals surface area contributed by atoms with Crippen LogP contribution < -0.4 is 4.74 Å². The van der Waals surface area contributed by atoms with Crippen molar-refractivity contribution in [1.82, 2.24) is 9.55 Å². The minimum Gasteiger partial charge on any atom is -0.494 e. The molecule has 0 bridgehead atoms. The molecule has 0 saturated carbocycles. The van der Waals surface area contributed by atoms with E-state index in [0.717, 1.165) is 11.4 Å². The molecule has 1 aromatic heterocycles. The summed E-state index contributed by atoms with van der Waals surface area (Å²) in [6.07, 6.45) is 1.80. The van der Waals surface area contributed by atoms with E-state index in [1.54, 1.807) is 18.3 Å². The Bertz CT molecular complexity index is 574. The van der Waals surface area contributed by atoms with Gasteiger partial charge in [0.05, 0.1) is 12.8 Å². The van der Waals surface area contributed by atoms with E-state index < -0.39 is 0 Å². The molecule has 0 amide bonds. The van der Waals surface area contributed by atoms with Gasteiger partial charge in [-0.2, -0.15) is 0 Å². The Kier molecular flexibility index (Phi) is 2.78. The number of methoxy groups -OCH3 is 1. The molecule has 84 valence electrons. The van der Waals surface area contributed by atoms with Gasteiger partial charge in [0.1, 0.15) is 0 Å². The molecule has 1 N–H and O–H groups in total. The Morgan fingerprint density at radius 3 is 2.75 bits per heavy atom. The largest absolute Gasteiger partial charge is 0.494 e. The molecule has 0 radical (unpaired) electrons. The standard InChI is InChI=1S/C11H11FN2OS/c1-7-6-13-11(16)14(7)8-3-4-9(12)10(5-8)15-2/h3-6H,1-2H3,(H,13,16). The van der Waals surface area contributed by atoms with Gasteiger partial charge in [-0.1, -0.05) is 0 Å². The number of rotatable bonds is 2. The van der Waals surface area contributed by atoms with Crippen LogP contribution in [0, 0.1) is 17.5 Å². The SMILES string of the molecule is COc1cc(-n2c(C)c[nH]c2=S)ccc1F. The van der Waals surface area contributed by atoms with Crippen molar-refractivity contribution in [2.24, 2.45) is 0 Å². The van der Waals surface area contributed by atoms with Gasteiger partial charge in [-0.15, -0.1) is 0 Å². The first-order chi connectivity index (χ1) is 7.63. The molecule has 1 aromatic carbocycles. The minimum absolute atomic E-state index is 0.208. The number of nitrogens with one attached hydrogen (secondary N) is 1. The predicted octanol–water partition coefficient (Wildman–Crippen LogP) is 2.99. The van der Waals surface area contributed by atoms with Crippen LogP contribution in [0.25, 0.3) is 5.69 Å². The van der Waals surface area contributed by atoms with Gasteiger partial charge in [-0.05, 0) is 31.3 Å². The number of halogens is 1. The van der Waals surface area contributed by atoms with Crippen LogP contribution in [-0.2, 0) is 0 Å². The Morgan fingerprint density at radius 2 is 2.19 bits per heavy atom. The number of hydrogen-bond acceptors (Lipinski definition) is 2. The number of benzene rings is 1. The van der Waals surface area contributed by atoms with Gasteiger partial charge in [0.25, 0.3) is 0 Å². The first-order valence-corrected chi connectivity index (χ1v) is 5.15. The summed E-state index contributed by atoms with van der Waals surface area (Å²) in [6.45, 7) is 1.92. The first-order valence-electron chi connectivity index (χ1n) is 4.74. The molecule has 0 fully saturated rings. The van der Waals surface area contributed by atoms with E-state index in [0.29, 0.717) is 4.77 Å². The van der Waals surface area contributed by atoms with Crippen molar-refractivity contribution in [2.75, 3.05) is 7.11 Å². The third kappa shape index (κ3) is 1.74. The molecule has 0 aliphatic rings. The Morgan fingerprint density at radius 1 is 1.44 bits per heavy atom. The van der Waals surface area contributed by atoms with Crippen molar-refractivity contribution in [1.29, 1.82) is 0 Å². The summed E-state index contributed by atoms with van der Waals surface area (Å²) in [4.78, 5) is 2.93. The molecule has 2 rings (SSSR count). The van der Waals surface area contributed by atoms with Crippen molar-refractivity contribution in [3.63, 3.8) is 0 Å². The molecule has 0 atom stereocenters. The van der Waals surface area contributed by atoms with E-state index in [1.165, 1.54) is 13.2 Å². The van der Waals surface area contributed by atoms with Crippen molar-refractivity contribution in [3.8, 4) is 11.4 Å². The molecule has 1 heterocycles. The highest BCUT2D eigenvalue weighted by Gasteiger charge is 2.07. The number of ether oxygens (including phenoxy) is 1. The number of aromatic amines is 1. The topological polar surface area (TPSA) is 29.9 Å². The lowest BCUT2D eigenvalue weighted by molar-refractivity contribution is 0.386. The molecule has 0 saturated heterocycles. The summed E-state index contributed by atoms with van der Waals surface area (Å²) in [5, 5.41) is 0. The second-order valence-electron chi connectivity index (χ2n) is 3.39. The highest BCUT2D eigenvalue weighted by atomic mass is 32.1. The molecular formula is C11H11FN2OS. The second kappa shape index (κ2) is 4.09. The second-order valence-corrected chi connectivity index (χ2v) is 3.78. The molecule has 0 aliphatic heterocycles. The third-order valence-electron chi connectivity index (χ3n) is 2.35. The lowest BCUT2D eigenvalue weighted by Crippen LogP contribution is -1.98. The van der Waals surface area contributed by atoms with E-state index in [2.05, 4.69) is 4.98 Å². The van der Waals surface area contributed by atoms with Gasteiger partial charge in [0, 0.05) is 18.0 Å². The fourth-order valence-electron chi connectivity index (χ4n) is 1.56. The van der Waals surface area contributed by atoms with Gasteiger partial charge in [-0.3, -0.25) is 4.57 Å². The summed E-state index contributed by atoms with van der Waals surface area (Å²) in [5.74, 6) is -0.175. The fraction of sp³-hybridized carbons (Fsp3) is 0.182. The molecule has 0 spiro atoms. The third-order valence-corrected chi connectivity index (χ3v) is 2.65. The molecule has 5 heteroatoms. The van der Waals surface area contributed by atoms with E-state index in [-0.39, 0.29) is 11.6 Å². The maximum atomic E-state index is 13.2. The highest BCUT2D eigenvalue weighted by Crippen LogP contribution is 2.22. The quantitative estimate of drug-likeness (QED) is 0.815. The summed E-state index contributed by atoms with van der Waals surface area (Å²) in [6, 6.07) is 4.64. The fourth-order valence-corrected chi connectivity index (χ4v) is 1.87. The van der Waals surface area contributed by atoms with Crippen LogP contribution >= 0.6 is 12.2 Å². The average Bonchev–Trinajstić information content (AvgIpc) is 2.60. The van der Waals surface area contributed by atoms with Crippen molar-refractivity contribution >= 4 is 12.2 Å². The summed E-state index contributed by atoms with van der Waals surface area (Å²) < 4.78 is 20.6. The zero-order valence-electron chi connectivity index (χ0n) is 8.95. The average molecular weight is 238 g/mol. The first kappa shape index (κ1) is 10.9. The molecule has 0 unspecified atom stereocenters. The van der Waals surface area contributed by atoms with E-state index in [9.17, 15) is 4.39 Å². The van der Waals surface area contributed by atoms with Crippen molar-refractivity contribution < 1.29 is 9.13 Å². The number of aryl methyl sites for hydroxylation is 1. The van der Waals surface area contributed by atoms with Gasteiger partial charge in [0.2, 0.25) is 0 Å². The van der Waals surface area contributed by atoms with Gasteiger partial charge < -0.3 is 9.72 Å². The van der Waals surface area contributed by atoms with Crippen molar-refractivity contribution in [2.45, 2.75) is 6.92 Å². The van der Waals surface area contributed by atoms with Crippen LogP contribution in [0.2, 0.25) is 0 Å². The van der Waals surface area contributed by atoms with Gasteiger partial charge in [0.15, 0.2) is 16.3 Å². The van der Waals surface area contributed by atoms with Crippen LogP contribution in [0.3, 0.4) is 0 Å². The molecular weight excluding hydrogens is 227 g/mol. The molecule has 3 nitrogen and oxygen atoms in total. The van der Waals surface area contributed by atoms with Crippen LogP contribution in [0.15, 0.2) is 24.4 Å². The molecule has 2 aromatic rings. The zero-order chi connectivity index (χ0) is 11.7.